The van der Waals surface area contributed by atoms with Crippen LogP contribution in [0.1, 0.15) is 68.2 Å². The van der Waals surface area contributed by atoms with Crippen LogP contribution in [0.4, 0.5) is 0 Å². The van der Waals surface area contributed by atoms with E-state index in [0.717, 1.165) is 13.1 Å². The smallest absolute Gasteiger partial charge is 0.0134 e. The molecule has 112 valence electrons. The first-order valence-corrected chi connectivity index (χ1v) is 7.71. The highest BCUT2D eigenvalue weighted by atomic mass is 15.4. The number of nitrogens with two attached hydrogens (primary N) is 1. The van der Waals surface area contributed by atoms with E-state index >= 15 is 0 Å². The van der Waals surface area contributed by atoms with Gasteiger partial charge in [0.1, 0.15) is 0 Å². The molecule has 0 aromatic heterocycles. The summed E-state index contributed by atoms with van der Waals surface area (Å²) in [5, 5.41) is 1.91. The molecule has 0 aromatic carbocycles. The predicted octanol–water partition coefficient (Wildman–Crippen LogP) is 4.86. The minimum absolute atomic E-state index is 0.428. The third-order valence-electron chi connectivity index (χ3n) is 3.39. The van der Waals surface area contributed by atoms with Gasteiger partial charge in [0.2, 0.25) is 0 Å². The number of hydrogen-bond acceptors (Lipinski definition) is 2. The first-order chi connectivity index (χ1) is 8.58. The summed E-state index contributed by atoms with van der Waals surface area (Å²) in [6.07, 6.45) is 4.44. The Morgan fingerprint density at radius 3 is 1.67 bits per heavy atom. The van der Waals surface area contributed by atoms with Crippen molar-refractivity contribution in [2.24, 2.45) is 17.2 Å². The Balaban J connectivity index is -0.000000328. The number of rotatable bonds is 2. The minimum Gasteiger partial charge on any atom is -0.269 e. The van der Waals surface area contributed by atoms with Crippen molar-refractivity contribution in [2.75, 3.05) is 13.1 Å². The molecule has 0 saturated carbocycles. The van der Waals surface area contributed by atoms with Gasteiger partial charge in [-0.2, -0.15) is 0 Å². The van der Waals surface area contributed by atoms with Gasteiger partial charge in [-0.25, -0.2) is 5.01 Å². The highest BCUT2D eigenvalue weighted by Gasteiger charge is 2.32. The maximum atomic E-state index is 5.70. The Labute approximate surface area is 117 Å². The molecule has 1 aliphatic rings. The SMILES string of the molecule is C=CC(C)C1(C)CCN(N)CC1.CC.CC.CC. The van der Waals surface area contributed by atoms with Crippen molar-refractivity contribution in [1.82, 2.24) is 5.01 Å². The Hall–Kier alpha value is -0.340. The van der Waals surface area contributed by atoms with Gasteiger partial charge in [0.25, 0.3) is 0 Å². The maximum absolute atomic E-state index is 5.70. The average molecular weight is 258 g/mol. The van der Waals surface area contributed by atoms with Crippen LogP contribution >= 0.6 is 0 Å². The molecule has 2 heteroatoms. The summed E-state index contributed by atoms with van der Waals surface area (Å²) in [7, 11) is 0. The van der Waals surface area contributed by atoms with Crippen LogP contribution in [0, 0.1) is 11.3 Å². The molecule has 0 radical (unpaired) electrons. The minimum atomic E-state index is 0.428. The molecule has 0 aliphatic carbocycles. The van der Waals surface area contributed by atoms with E-state index in [1.54, 1.807) is 0 Å². The highest BCUT2D eigenvalue weighted by molar-refractivity contribution is 4.92. The molecule has 0 bridgehead atoms. The van der Waals surface area contributed by atoms with Crippen molar-refractivity contribution < 1.29 is 0 Å². The fourth-order valence-corrected chi connectivity index (χ4v) is 1.77. The zero-order chi connectivity index (χ0) is 15.2. The van der Waals surface area contributed by atoms with E-state index in [-0.39, 0.29) is 0 Å². The summed E-state index contributed by atoms with van der Waals surface area (Å²) in [4.78, 5) is 0. The van der Waals surface area contributed by atoms with Crippen LogP contribution in [0.25, 0.3) is 0 Å². The summed E-state index contributed by atoms with van der Waals surface area (Å²) in [5.41, 5.74) is 0.428. The number of hydrogen-bond donors (Lipinski definition) is 1. The zero-order valence-electron chi connectivity index (χ0n) is 14.2. The molecule has 1 atom stereocenters. The van der Waals surface area contributed by atoms with Crippen molar-refractivity contribution >= 4 is 0 Å². The van der Waals surface area contributed by atoms with Gasteiger partial charge in [0, 0.05) is 13.1 Å². The monoisotopic (exact) mass is 258 g/mol. The summed E-state index contributed by atoms with van der Waals surface area (Å²) >= 11 is 0. The van der Waals surface area contributed by atoms with Gasteiger partial charge in [0.15, 0.2) is 0 Å². The van der Waals surface area contributed by atoms with Crippen LogP contribution in [0.2, 0.25) is 0 Å². The molecule has 1 fully saturated rings. The highest BCUT2D eigenvalue weighted by Crippen LogP contribution is 2.37. The topological polar surface area (TPSA) is 29.3 Å². The molecule has 2 nitrogen and oxygen atoms in total. The lowest BCUT2D eigenvalue weighted by molar-refractivity contribution is 0.0891. The third-order valence-corrected chi connectivity index (χ3v) is 3.39. The molecular formula is C16H38N2. The molecule has 1 heterocycles. The quantitative estimate of drug-likeness (QED) is 0.566. The molecule has 18 heavy (non-hydrogen) atoms. The first-order valence-electron chi connectivity index (χ1n) is 7.71. The Morgan fingerprint density at radius 2 is 1.39 bits per heavy atom. The van der Waals surface area contributed by atoms with Crippen LogP contribution in [0.5, 0.6) is 0 Å². The molecule has 0 spiro atoms. The summed E-state index contributed by atoms with van der Waals surface area (Å²) in [5.74, 6) is 6.31. The number of piperidine rings is 1. The van der Waals surface area contributed by atoms with Crippen molar-refractivity contribution in [3.8, 4) is 0 Å². The van der Waals surface area contributed by atoms with Crippen molar-refractivity contribution in [3.63, 3.8) is 0 Å². The van der Waals surface area contributed by atoms with E-state index in [9.17, 15) is 0 Å². The van der Waals surface area contributed by atoms with Gasteiger partial charge in [-0.1, -0.05) is 61.5 Å². The predicted molar refractivity (Wildman–Crippen MR) is 86.5 cm³/mol. The standard InChI is InChI=1S/C10H20N2.3C2H6/c1-4-9(2)10(3)5-7-12(11)8-6-10;3*1-2/h4,9H,1,5-8,11H2,2-3H3;3*1-2H3. The normalized spacial score (nSPS) is 18.7. The summed E-state index contributed by atoms with van der Waals surface area (Å²) < 4.78 is 0. The van der Waals surface area contributed by atoms with Gasteiger partial charge in [-0.05, 0) is 24.2 Å². The van der Waals surface area contributed by atoms with Crippen LogP contribution in [-0.2, 0) is 0 Å². The van der Waals surface area contributed by atoms with Crippen LogP contribution < -0.4 is 5.84 Å². The fraction of sp³-hybridized carbons (Fsp3) is 0.875. The molecular weight excluding hydrogens is 220 g/mol. The van der Waals surface area contributed by atoms with Crippen LogP contribution in [0.3, 0.4) is 0 Å². The number of nitrogens with zero attached hydrogens (tertiary/aromatic N) is 1. The van der Waals surface area contributed by atoms with Crippen LogP contribution in [-0.4, -0.2) is 18.1 Å². The Morgan fingerprint density at radius 1 is 1.06 bits per heavy atom. The second kappa shape index (κ2) is 14.7. The van der Waals surface area contributed by atoms with E-state index in [1.165, 1.54) is 12.8 Å². The van der Waals surface area contributed by atoms with Crippen molar-refractivity contribution in [2.45, 2.75) is 68.2 Å². The molecule has 1 aliphatic heterocycles. The lowest BCUT2D eigenvalue weighted by Gasteiger charge is -2.40. The van der Waals surface area contributed by atoms with E-state index in [0.29, 0.717) is 11.3 Å². The van der Waals surface area contributed by atoms with E-state index in [4.69, 9.17) is 5.84 Å². The summed E-state index contributed by atoms with van der Waals surface area (Å²) in [6, 6.07) is 0. The van der Waals surface area contributed by atoms with Gasteiger partial charge < -0.3 is 0 Å². The molecule has 1 rings (SSSR count). The molecule has 1 unspecified atom stereocenters. The van der Waals surface area contributed by atoms with Crippen LogP contribution in [0.15, 0.2) is 12.7 Å². The van der Waals surface area contributed by atoms with E-state index in [1.807, 2.05) is 46.6 Å². The fourth-order valence-electron chi connectivity index (χ4n) is 1.77. The van der Waals surface area contributed by atoms with Gasteiger partial charge in [-0.3, -0.25) is 5.84 Å². The number of allylic oxidation sites excluding steroid dienone is 1. The Kier molecular flexibility index (Phi) is 18.7. The first kappa shape index (κ1) is 22.8. The Bertz CT molecular complexity index is 158. The summed E-state index contributed by atoms with van der Waals surface area (Å²) in [6.45, 7) is 22.5. The molecule has 0 aromatic rings. The lowest BCUT2D eigenvalue weighted by Crippen LogP contribution is -2.44. The van der Waals surface area contributed by atoms with Gasteiger partial charge in [-0.15, -0.1) is 6.58 Å². The van der Waals surface area contributed by atoms with E-state index in [2.05, 4.69) is 26.5 Å². The second-order valence-corrected chi connectivity index (χ2v) is 4.21. The van der Waals surface area contributed by atoms with Gasteiger partial charge in [0.05, 0.1) is 0 Å². The third kappa shape index (κ3) is 8.71. The van der Waals surface area contributed by atoms with Gasteiger partial charge >= 0.3 is 0 Å². The van der Waals surface area contributed by atoms with Crippen molar-refractivity contribution in [3.05, 3.63) is 12.7 Å². The largest absolute Gasteiger partial charge is 0.269 e. The molecule has 1 saturated heterocycles. The maximum Gasteiger partial charge on any atom is 0.0134 e. The average Bonchev–Trinajstić information content (AvgIpc) is 2.48. The lowest BCUT2D eigenvalue weighted by atomic mass is 9.71. The zero-order valence-corrected chi connectivity index (χ0v) is 14.2. The molecule has 2 N–H and O–H groups in total. The van der Waals surface area contributed by atoms with Crippen molar-refractivity contribution in [1.29, 1.82) is 0 Å². The number of hydrazine groups is 1. The second-order valence-electron chi connectivity index (χ2n) is 4.21. The van der Waals surface area contributed by atoms with E-state index < -0.39 is 0 Å². The molecule has 0 amide bonds.